The largest absolute Gasteiger partial charge is 0.494 e. The van der Waals surface area contributed by atoms with Gasteiger partial charge in [0.2, 0.25) is 0 Å². The SMILES string of the molecule is O=C1OCCC1CCOc1ccc2cccc(OCC3CCCN3c3ncnc4nc[nH]c34)c2c1. The number of rotatable bonds is 8. The van der Waals surface area contributed by atoms with Crippen LogP contribution in [0.3, 0.4) is 0 Å². The summed E-state index contributed by atoms with van der Waals surface area (Å²) >= 11 is 0. The second-order valence-electron chi connectivity index (χ2n) is 9.03. The van der Waals surface area contributed by atoms with Gasteiger partial charge in [-0.2, -0.15) is 0 Å². The van der Waals surface area contributed by atoms with E-state index in [0.29, 0.717) is 31.9 Å². The van der Waals surface area contributed by atoms with Crippen LogP contribution in [0.5, 0.6) is 11.5 Å². The Morgan fingerprint density at radius 3 is 3.00 bits per heavy atom. The highest BCUT2D eigenvalue weighted by Crippen LogP contribution is 2.32. The van der Waals surface area contributed by atoms with Crippen LogP contribution < -0.4 is 14.4 Å². The number of nitrogens with one attached hydrogen (secondary N) is 1. The molecule has 1 N–H and O–H groups in total. The van der Waals surface area contributed by atoms with Gasteiger partial charge in [-0.1, -0.05) is 18.2 Å². The molecule has 2 unspecified atom stereocenters. The normalized spacial score (nSPS) is 20.0. The molecule has 4 heterocycles. The van der Waals surface area contributed by atoms with Gasteiger partial charge in [-0.15, -0.1) is 0 Å². The lowest BCUT2D eigenvalue weighted by Crippen LogP contribution is -2.35. The minimum Gasteiger partial charge on any atom is -0.494 e. The molecule has 0 bridgehead atoms. The molecule has 2 saturated heterocycles. The Morgan fingerprint density at radius 2 is 2.09 bits per heavy atom. The van der Waals surface area contributed by atoms with Crippen LogP contribution in [0.1, 0.15) is 25.7 Å². The summed E-state index contributed by atoms with van der Waals surface area (Å²) in [5.74, 6) is 2.30. The smallest absolute Gasteiger partial charge is 0.309 e. The molecule has 2 atom stereocenters. The van der Waals surface area contributed by atoms with Crippen molar-refractivity contribution in [2.75, 3.05) is 31.3 Å². The number of hydrogen-bond acceptors (Lipinski definition) is 8. The van der Waals surface area contributed by atoms with Crippen LogP contribution in [0, 0.1) is 5.92 Å². The number of esters is 1. The Labute approximate surface area is 202 Å². The van der Waals surface area contributed by atoms with Crippen LogP contribution in [-0.2, 0) is 9.53 Å². The van der Waals surface area contributed by atoms with Crippen molar-refractivity contribution in [1.82, 2.24) is 19.9 Å². The number of imidazole rings is 1. The highest BCUT2D eigenvalue weighted by molar-refractivity contribution is 5.89. The number of carbonyl (C=O) groups excluding carboxylic acids is 1. The third-order valence-electron chi connectivity index (χ3n) is 6.88. The highest BCUT2D eigenvalue weighted by atomic mass is 16.5. The second kappa shape index (κ2) is 9.40. The van der Waals surface area contributed by atoms with Crippen LogP contribution in [0.15, 0.2) is 49.1 Å². The first-order valence-corrected chi connectivity index (χ1v) is 12.1. The fourth-order valence-electron chi connectivity index (χ4n) is 5.00. The molecule has 0 amide bonds. The van der Waals surface area contributed by atoms with Crippen molar-refractivity contribution in [2.45, 2.75) is 31.7 Å². The van der Waals surface area contributed by atoms with E-state index in [0.717, 1.165) is 59.4 Å². The van der Waals surface area contributed by atoms with Crippen LogP contribution in [0.2, 0.25) is 0 Å². The lowest BCUT2D eigenvalue weighted by molar-refractivity contribution is -0.141. The Morgan fingerprint density at radius 1 is 1.11 bits per heavy atom. The number of benzene rings is 2. The van der Waals surface area contributed by atoms with Crippen LogP contribution in [0.4, 0.5) is 5.82 Å². The zero-order valence-corrected chi connectivity index (χ0v) is 19.4. The molecule has 4 aromatic rings. The van der Waals surface area contributed by atoms with E-state index in [1.165, 1.54) is 0 Å². The summed E-state index contributed by atoms with van der Waals surface area (Å²) in [5.41, 5.74) is 1.53. The number of carbonyl (C=O) groups is 1. The first kappa shape index (κ1) is 21.6. The minimum atomic E-state index is -0.112. The van der Waals surface area contributed by atoms with E-state index >= 15 is 0 Å². The fourth-order valence-corrected chi connectivity index (χ4v) is 5.00. The maximum atomic E-state index is 11.7. The molecule has 2 fully saturated rings. The van der Waals surface area contributed by atoms with Crippen LogP contribution in [0.25, 0.3) is 21.9 Å². The molecule has 2 aromatic heterocycles. The number of ether oxygens (including phenoxy) is 3. The topological polar surface area (TPSA) is 102 Å². The maximum Gasteiger partial charge on any atom is 0.309 e. The molecule has 9 nitrogen and oxygen atoms in total. The molecule has 2 aliphatic heterocycles. The van der Waals surface area contributed by atoms with Gasteiger partial charge >= 0.3 is 5.97 Å². The Hall–Kier alpha value is -3.88. The number of hydrogen-bond donors (Lipinski definition) is 1. The second-order valence-corrected chi connectivity index (χ2v) is 9.03. The van der Waals surface area contributed by atoms with Gasteiger partial charge in [0.15, 0.2) is 11.5 Å². The van der Waals surface area contributed by atoms with Crippen molar-refractivity contribution in [1.29, 1.82) is 0 Å². The Balaban J connectivity index is 1.15. The summed E-state index contributed by atoms with van der Waals surface area (Å²) in [7, 11) is 0. The van der Waals surface area contributed by atoms with E-state index in [1.54, 1.807) is 12.7 Å². The lowest BCUT2D eigenvalue weighted by Gasteiger charge is -2.26. The lowest BCUT2D eigenvalue weighted by atomic mass is 10.1. The van der Waals surface area contributed by atoms with E-state index in [-0.39, 0.29) is 17.9 Å². The summed E-state index contributed by atoms with van der Waals surface area (Å²) in [6, 6.07) is 12.3. The molecular formula is C26H27N5O4. The van der Waals surface area contributed by atoms with Gasteiger partial charge in [0.1, 0.15) is 29.9 Å². The molecule has 9 heteroatoms. The van der Waals surface area contributed by atoms with E-state index in [9.17, 15) is 4.79 Å². The monoisotopic (exact) mass is 473 g/mol. The molecule has 0 spiro atoms. The van der Waals surface area contributed by atoms with E-state index in [2.05, 4.69) is 30.9 Å². The van der Waals surface area contributed by atoms with Gasteiger partial charge in [0, 0.05) is 11.9 Å². The molecule has 180 valence electrons. The molecule has 0 saturated carbocycles. The first-order valence-electron chi connectivity index (χ1n) is 12.1. The summed E-state index contributed by atoms with van der Waals surface area (Å²) < 4.78 is 17.4. The molecule has 0 aliphatic carbocycles. The predicted molar refractivity (Wildman–Crippen MR) is 131 cm³/mol. The van der Waals surface area contributed by atoms with Crippen molar-refractivity contribution in [2.24, 2.45) is 5.92 Å². The molecule has 6 rings (SSSR count). The molecule has 35 heavy (non-hydrogen) atoms. The zero-order valence-electron chi connectivity index (χ0n) is 19.4. The molecule has 2 aliphatic rings. The summed E-state index contributed by atoms with van der Waals surface area (Å²) in [6.45, 7) is 2.46. The number of aromatic amines is 1. The van der Waals surface area contributed by atoms with Crippen molar-refractivity contribution in [3.05, 3.63) is 49.1 Å². The zero-order chi connectivity index (χ0) is 23.6. The average Bonchev–Trinajstić information content (AvgIpc) is 3.64. The summed E-state index contributed by atoms with van der Waals surface area (Å²) in [6.07, 6.45) is 6.77. The minimum absolute atomic E-state index is 0.0541. The van der Waals surface area contributed by atoms with Gasteiger partial charge in [0.25, 0.3) is 0 Å². The fraction of sp³-hybridized carbons (Fsp3) is 0.385. The van der Waals surface area contributed by atoms with Gasteiger partial charge in [-0.3, -0.25) is 4.79 Å². The van der Waals surface area contributed by atoms with Crippen molar-refractivity contribution >= 4 is 33.7 Å². The van der Waals surface area contributed by atoms with E-state index in [4.69, 9.17) is 14.2 Å². The number of aromatic nitrogens is 4. The predicted octanol–water partition coefficient (Wildman–Crippen LogP) is 3.89. The van der Waals surface area contributed by atoms with E-state index in [1.807, 2.05) is 30.3 Å². The van der Waals surface area contributed by atoms with Crippen molar-refractivity contribution in [3.63, 3.8) is 0 Å². The van der Waals surface area contributed by atoms with Crippen LogP contribution >= 0.6 is 0 Å². The average molecular weight is 474 g/mol. The summed E-state index contributed by atoms with van der Waals surface area (Å²) in [4.78, 5) is 30.2. The highest BCUT2D eigenvalue weighted by Gasteiger charge is 2.29. The summed E-state index contributed by atoms with van der Waals surface area (Å²) in [5, 5.41) is 2.10. The van der Waals surface area contributed by atoms with Gasteiger partial charge in [0.05, 0.1) is 31.5 Å². The molecule has 2 aromatic carbocycles. The van der Waals surface area contributed by atoms with Gasteiger partial charge < -0.3 is 24.1 Å². The van der Waals surface area contributed by atoms with Crippen LogP contribution in [-0.4, -0.2) is 58.3 Å². The Bertz CT molecular complexity index is 1360. The van der Waals surface area contributed by atoms with E-state index < -0.39 is 0 Å². The number of H-pyrrole nitrogens is 1. The van der Waals surface area contributed by atoms with Gasteiger partial charge in [-0.05, 0) is 49.3 Å². The number of cyclic esters (lactones) is 1. The van der Waals surface area contributed by atoms with Gasteiger partial charge in [-0.25, -0.2) is 15.0 Å². The third-order valence-corrected chi connectivity index (χ3v) is 6.88. The Kier molecular flexibility index (Phi) is 5.81. The standard InChI is InChI=1S/C26H27N5O4/c32-26-18(9-12-34-26)8-11-33-20-7-6-17-3-1-5-22(21(17)13-20)35-14-19-4-2-10-31(19)25-23-24(28-15-27-23)29-16-30-25/h1,3,5-7,13,15-16,18-19H,2,4,8-12,14H2,(H,27,28,29,30). The third kappa shape index (κ3) is 4.34. The van der Waals surface area contributed by atoms with Crippen molar-refractivity contribution < 1.29 is 19.0 Å². The molecular weight excluding hydrogens is 446 g/mol. The number of anilines is 1. The number of nitrogens with zero attached hydrogens (tertiary/aromatic N) is 4. The van der Waals surface area contributed by atoms with Crippen molar-refractivity contribution in [3.8, 4) is 11.5 Å². The quantitative estimate of drug-likeness (QED) is 0.385. The maximum absolute atomic E-state index is 11.7. The first-order chi connectivity index (χ1) is 17.3. The molecule has 0 radical (unpaired) electrons. The number of fused-ring (bicyclic) bond motifs is 2.